The van der Waals surface area contributed by atoms with E-state index in [1.165, 1.54) is 11.6 Å². The molecule has 0 amide bonds. The van der Waals surface area contributed by atoms with Gasteiger partial charge < -0.3 is 5.32 Å². The normalized spacial score (nSPS) is 18.4. The third-order valence-electron chi connectivity index (χ3n) is 6.38. The number of nitrogens with one attached hydrogen (secondary N) is 2. The van der Waals surface area contributed by atoms with E-state index in [-0.39, 0.29) is 0 Å². The number of hydrogen-bond donors (Lipinski definition) is 2. The zero-order chi connectivity index (χ0) is 24.3. The minimum atomic E-state index is -4.47. The summed E-state index contributed by atoms with van der Waals surface area (Å²) in [4.78, 5) is 3.43. The zero-order valence-corrected chi connectivity index (χ0v) is 18.7. The molecule has 1 saturated carbocycles. The van der Waals surface area contributed by atoms with Gasteiger partial charge in [0.15, 0.2) is 11.6 Å². The topological polar surface area (TPSA) is 105 Å². The fourth-order valence-electron chi connectivity index (χ4n) is 4.49. The highest BCUT2D eigenvalue weighted by Gasteiger charge is 2.32. The molecular weight excluding hydrogens is 457 g/mol. The lowest BCUT2D eigenvalue weighted by Gasteiger charge is -2.28. The molecule has 0 unspecified atom stereocenters. The number of aromatic amines is 1. The summed E-state index contributed by atoms with van der Waals surface area (Å²) in [6.07, 6.45) is 2.11. The van der Waals surface area contributed by atoms with Crippen molar-refractivity contribution < 1.29 is 13.2 Å². The fourth-order valence-corrected chi connectivity index (χ4v) is 4.49. The minimum absolute atomic E-state index is 0.399. The Morgan fingerprint density at radius 2 is 1.69 bits per heavy atom. The molecule has 3 aromatic heterocycles. The molecule has 1 aromatic carbocycles. The van der Waals surface area contributed by atoms with Crippen molar-refractivity contribution in [1.82, 2.24) is 35.8 Å². The summed E-state index contributed by atoms with van der Waals surface area (Å²) in [5, 5.41) is 25.6. The molecule has 1 fully saturated rings. The standard InChI is InChI=1S/C24H23F3N8/c25-24(26,27)21-11-9-19(14-28-21)29-22-12-10-20(30-31-22)18-7-5-17(6-8-18)16-3-1-15(2-4-16)13-23-32-34-35-33-23/h5-12,14-16H,1-4,13H2,(H,29,31)(H,32,33,34,35). The maximum absolute atomic E-state index is 12.6. The number of nitrogens with zero attached hydrogens (tertiary/aromatic N) is 6. The van der Waals surface area contributed by atoms with Gasteiger partial charge in [-0.05, 0) is 67.3 Å². The number of alkyl halides is 3. The third kappa shape index (κ3) is 5.61. The Labute approximate surface area is 199 Å². The molecule has 1 aliphatic rings. The number of H-pyrrole nitrogens is 1. The van der Waals surface area contributed by atoms with Gasteiger partial charge >= 0.3 is 6.18 Å². The molecule has 0 radical (unpaired) electrons. The third-order valence-corrected chi connectivity index (χ3v) is 6.38. The Balaban J connectivity index is 1.17. The number of hydrogen-bond acceptors (Lipinski definition) is 7. The van der Waals surface area contributed by atoms with E-state index in [0.29, 0.717) is 23.3 Å². The van der Waals surface area contributed by atoms with Crippen LogP contribution in [0, 0.1) is 5.92 Å². The first-order valence-corrected chi connectivity index (χ1v) is 11.4. The van der Waals surface area contributed by atoms with Gasteiger partial charge in [-0.15, -0.1) is 20.4 Å². The lowest BCUT2D eigenvalue weighted by molar-refractivity contribution is -0.141. The Bertz CT molecular complexity index is 1220. The second-order valence-corrected chi connectivity index (χ2v) is 8.73. The van der Waals surface area contributed by atoms with E-state index in [2.05, 4.69) is 65.4 Å². The van der Waals surface area contributed by atoms with Crippen molar-refractivity contribution in [2.45, 2.75) is 44.2 Å². The van der Waals surface area contributed by atoms with Crippen molar-refractivity contribution in [3.8, 4) is 11.3 Å². The first-order chi connectivity index (χ1) is 16.9. The van der Waals surface area contributed by atoms with Crippen molar-refractivity contribution in [2.24, 2.45) is 5.92 Å². The van der Waals surface area contributed by atoms with Crippen LogP contribution in [0.5, 0.6) is 0 Å². The number of halogens is 3. The van der Waals surface area contributed by atoms with Crippen molar-refractivity contribution in [3.63, 3.8) is 0 Å². The van der Waals surface area contributed by atoms with Crippen molar-refractivity contribution in [3.05, 3.63) is 71.8 Å². The van der Waals surface area contributed by atoms with E-state index in [1.54, 1.807) is 6.07 Å². The smallest absolute Gasteiger partial charge is 0.337 e. The predicted molar refractivity (Wildman–Crippen MR) is 123 cm³/mol. The summed E-state index contributed by atoms with van der Waals surface area (Å²) >= 11 is 0. The Morgan fingerprint density at radius 1 is 0.886 bits per heavy atom. The summed E-state index contributed by atoms with van der Waals surface area (Å²) in [5.41, 5.74) is 2.46. The number of benzene rings is 1. The average molecular weight is 480 g/mol. The summed E-state index contributed by atoms with van der Waals surface area (Å²) in [5.74, 6) is 2.35. The SMILES string of the molecule is FC(F)(F)c1ccc(Nc2ccc(-c3ccc(C4CCC(Cc5nn[nH]n5)CC4)cc3)nn2)cn1. The highest BCUT2D eigenvalue weighted by molar-refractivity contribution is 5.62. The summed E-state index contributed by atoms with van der Waals surface area (Å²) in [6, 6.07) is 14.2. The number of aromatic nitrogens is 7. The van der Waals surface area contributed by atoms with Gasteiger partial charge in [0.05, 0.1) is 17.6 Å². The first-order valence-electron chi connectivity index (χ1n) is 11.4. The van der Waals surface area contributed by atoms with Crippen LogP contribution in [0.3, 0.4) is 0 Å². The number of anilines is 2. The average Bonchev–Trinajstić information content (AvgIpc) is 3.38. The van der Waals surface area contributed by atoms with Crippen LogP contribution in [-0.4, -0.2) is 35.8 Å². The van der Waals surface area contributed by atoms with Crippen LogP contribution < -0.4 is 5.32 Å². The molecule has 0 bridgehead atoms. The molecule has 8 nitrogen and oxygen atoms in total. The van der Waals surface area contributed by atoms with Crippen molar-refractivity contribution >= 4 is 11.5 Å². The Morgan fingerprint density at radius 3 is 2.29 bits per heavy atom. The van der Waals surface area contributed by atoms with E-state index in [9.17, 15) is 13.2 Å². The molecule has 180 valence electrons. The van der Waals surface area contributed by atoms with Crippen molar-refractivity contribution in [1.29, 1.82) is 0 Å². The van der Waals surface area contributed by atoms with Gasteiger partial charge in [0.1, 0.15) is 5.69 Å². The Hall–Kier alpha value is -3.89. The van der Waals surface area contributed by atoms with Crippen LogP contribution in [0.15, 0.2) is 54.7 Å². The second kappa shape index (κ2) is 9.77. The number of pyridine rings is 1. The van der Waals surface area contributed by atoms with Crippen LogP contribution >= 0.6 is 0 Å². The molecule has 0 saturated heterocycles. The summed E-state index contributed by atoms with van der Waals surface area (Å²) in [7, 11) is 0. The molecule has 0 atom stereocenters. The fraction of sp³-hybridized carbons (Fsp3) is 0.333. The van der Waals surface area contributed by atoms with Gasteiger partial charge in [0.2, 0.25) is 0 Å². The summed E-state index contributed by atoms with van der Waals surface area (Å²) in [6.45, 7) is 0. The van der Waals surface area contributed by atoms with Gasteiger partial charge in [-0.2, -0.15) is 18.4 Å². The largest absolute Gasteiger partial charge is 0.433 e. The predicted octanol–water partition coefficient (Wildman–Crippen LogP) is 5.33. The van der Waals surface area contributed by atoms with Crippen molar-refractivity contribution in [2.75, 3.05) is 5.32 Å². The lowest BCUT2D eigenvalue weighted by Crippen LogP contribution is -2.16. The van der Waals surface area contributed by atoms with E-state index in [0.717, 1.165) is 61.4 Å². The second-order valence-electron chi connectivity index (χ2n) is 8.73. The minimum Gasteiger partial charge on any atom is -0.337 e. The van der Waals surface area contributed by atoms with Gasteiger partial charge in [0, 0.05) is 12.0 Å². The first kappa shape index (κ1) is 22.9. The highest BCUT2D eigenvalue weighted by atomic mass is 19.4. The maximum Gasteiger partial charge on any atom is 0.433 e. The molecule has 0 aliphatic heterocycles. The molecule has 11 heteroatoms. The number of tetrazole rings is 1. The van der Waals surface area contributed by atoms with Crippen LogP contribution in [0.25, 0.3) is 11.3 Å². The quantitative estimate of drug-likeness (QED) is 0.384. The van der Waals surface area contributed by atoms with Gasteiger partial charge in [-0.1, -0.05) is 29.5 Å². The lowest BCUT2D eigenvalue weighted by atomic mass is 9.77. The zero-order valence-electron chi connectivity index (χ0n) is 18.7. The van der Waals surface area contributed by atoms with Gasteiger partial charge in [0.25, 0.3) is 0 Å². The molecule has 35 heavy (non-hydrogen) atoms. The molecule has 2 N–H and O–H groups in total. The van der Waals surface area contributed by atoms with Gasteiger partial charge in [-0.3, -0.25) is 0 Å². The molecular formula is C24H23F3N8. The monoisotopic (exact) mass is 480 g/mol. The molecule has 5 rings (SSSR count). The highest BCUT2D eigenvalue weighted by Crippen LogP contribution is 2.37. The molecule has 0 spiro atoms. The number of rotatable bonds is 6. The molecule has 1 aliphatic carbocycles. The van der Waals surface area contributed by atoms with Gasteiger partial charge in [-0.25, -0.2) is 4.98 Å². The van der Waals surface area contributed by atoms with Crippen LogP contribution in [0.1, 0.15) is 48.7 Å². The Kier molecular flexibility index (Phi) is 6.39. The maximum atomic E-state index is 12.6. The van der Waals surface area contributed by atoms with E-state index in [4.69, 9.17) is 0 Å². The molecule has 3 heterocycles. The molecule has 4 aromatic rings. The van der Waals surface area contributed by atoms with Crippen LogP contribution in [0.2, 0.25) is 0 Å². The van der Waals surface area contributed by atoms with E-state index < -0.39 is 11.9 Å². The van der Waals surface area contributed by atoms with E-state index in [1.807, 2.05) is 6.07 Å². The summed E-state index contributed by atoms with van der Waals surface area (Å²) < 4.78 is 37.9. The van der Waals surface area contributed by atoms with Crippen LogP contribution in [-0.2, 0) is 12.6 Å². The van der Waals surface area contributed by atoms with Crippen LogP contribution in [0.4, 0.5) is 24.7 Å². The van der Waals surface area contributed by atoms with E-state index >= 15 is 0 Å².